The quantitative estimate of drug-likeness (QED) is 0.442. The molecule has 1 atom stereocenters. The molecular formula is C26H29ClN2OS. The summed E-state index contributed by atoms with van der Waals surface area (Å²) in [4.78, 5) is 6.82. The highest BCUT2D eigenvalue weighted by atomic mass is 35.5. The van der Waals surface area contributed by atoms with Crippen LogP contribution < -0.4 is 4.90 Å². The zero-order valence-electron chi connectivity index (χ0n) is 18.1. The van der Waals surface area contributed by atoms with E-state index in [0.29, 0.717) is 16.2 Å². The number of aliphatic hydroxyl groups excluding tert-OH is 1. The molecule has 4 rings (SSSR count). The Balaban J connectivity index is 1.47. The smallest absolute Gasteiger partial charge is 0.0702 e. The van der Waals surface area contributed by atoms with Gasteiger partial charge in [0.15, 0.2) is 0 Å². The minimum absolute atomic E-state index is 0.0516. The third kappa shape index (κ3) is 5.25. The fraction of sp³-hybridized carbons (Fsp3) is 0.346. The maximum absolute atomic E-state index is 10.1. The number of benzene rings is 2. The first kappa shape index (κ1) is 22.2. The third-order valence-corrected chi connectivity index (χ3v) is 7.43. The van der Waals surface area contributed by atoms with Gasteiger partial charge in [-0.1, -0.05) is 55.8 Å². The Morgan fingerprint density at radius 3 is 2.74 bits per heavy atom. The van der Waals surface area contributed by atoms with Gasteiger partial charge in [-0.2, -0.15) is 11.8 Å². The van der Waals surface area contributed by atoms with Crippen molar-refractivity contribution in [3.8, 4) is 11.1 Å². The average Bonchev–Trinajstić information content (AvgIpc) is 3.27. The number of aliphatic hydroxyl groups is 1. The Bertz CT molecular complexity index is 1020. The molecule has 162 valence electrons. The number of pyridine rings is 1. The van der Waals surface area contributed by atoms with Crippen LogP contribution in [-0.2, 0) is 12.4 Å². The Morgan fingerprint density at radius 2 is 2.00 bits per heavy atom. The number of rotatable bonds is 7. The predicted molar refractivity (Wildman–Crippen MR) is 133 cm³/mol. The molecule has 31 heavy (non-hydrogen) atoms. The number of aromatic nitrogens is 1. The number of nitrogens with zero attached hydrogens (tertiary/aromatic N) is 2. The summed E-state index contributed by atoms with van der Waals surface area (Å²) in [5, 5.41) is 11.4. The first-order valence-electron chi connectivity index (χ1n) is 10.8. The van der Waals surface area contributed by atoms with Crippen LogP contribution in [0.1, 0.15) is 43.0 Å². The molecule has 1 aromatic heterocycles. The van der Waals surface area contributed by atoms with Gasteiger partial charge >= 0.3 is 0 Å². The van der Waals surface area contributed by atoms with Crippen molar-refractivity contribution in [2.24, 2.45) is 0 Å². The Morgan fingerprint density at radius 1 is 1.16 bits per heavy atom. The molecule has 0 unspecified atom stereocenters. The van der Waals surface area contributed by atoms with Crippen LogP contribution in [0.4, 0.5) is 5.69 Å². The van der Waals surface area contributed by atoms with Gasteiger partial charge in [0, 0.05) is 41.5 Å². The minimum Gasteiger partial charge on any atom is -0.392 e. The molecule has 0 bridgehead atoms. The molecule has 3 aromatic rings. The Labute approximate surface area is 194 Å². The summed E-state index contributed by atoms with van der Waals surface area (Å²) in [6.07, 6.45) is 2.85. The van der Waals surface area contributed by atoms with Crippen molar-refractivity contribution in [3.63, 3.8) is 0 Å². The van der Waals surface area contributed by atoms with Crippen LogP contribution in [-0.4, -0.2) is 28.4 Å². The van der Waals surface area contributed by atoms with Crippen molar-refractivity contribution in [1.29, 1.82) is 0 Å². The maximum atomic E-state index is 10.1. The summed E-state index contributed by atoms with van der Waals surface area (Å²) in [5.41, 5.74) is 6.99. The lowest BCUT2D eigenvalue weighted by molar-refractivity contribution is 0.282. The van der Waals surface area contributed by atoms with Crippen molar-refractivity contribution in [1.82, 2.24) is 4.98 Å². The number of hydrogen-bond donors (Lipinski definition) is 1. The van der Waals surface area contributed by atoms with E-state index in [-0.39, 0.29) is 6.61 Å². The van der Waals surface area contributed by atoms with Gasteiger partial charge in [0.1, 0.15) is 0 Å². The number of thioether (sulfide) groups is 1. The molecule has 1 saturated heterocycles. The summed E-state index contributed by atoms with van der Waals surface area (Å²) >= 11 is 7.88. The summed E-state index contributed by atoms with van der Waals surface area (Å²) in [6.45, 7) is 6.51. The van der Waals surface area contributed by atoms with Gasteiger partial charge in [-0.25, -0.2) is 0 Å². The highest BCUT2D eigenvalue weighted by Crippen LogP contribution is 2.35. The van der Waals surface area contributed by atoms with E-state index in [9.17, 15) is 5.11 Å². The molecule has 0 saturated carbocycles. The largest absolute Gasteiger partial charge is 0.392 e. The maximum Gasteiger partial charge on any atom is 0.0702 e. The topological polar surface area (TPSA) is 36.4 Å². The van der Waals surface area contributed by atoms with Crippen LogP contribution in [0, 0.1) is 0 Å². The molecule has 0 amide bonds. The van der Waals surface area contributed by atoms with Gasteiger partial charge < -0.3 is 10.0 Å². The molecule has 0 aliphatic carbocycles. The van der Waals surface area contributed by atoms with Crippen molar-refractivity contribution >= 4 is 29.1 Å². The Hall–Kier alpha value is -2.01. The monoisotopic (exact) mass is 452 g/mol. The molecule has 1 N–H and O–H groups in total. The number of halogens is 1. The van der Waals surface area contributed by atoms with E-state index in [2.05, 4.69) is 66.2 Å². The van der Waals surface area contributed by atoms with Gasteiger partial charge in [0.2, 0.25) is 0 Å². The van der Waals surface area contributed by atoms with Crippen molar-refractivity contribution in [2.45, 2.75) is 43.8 Å². The van der Waals surface area contributed by atoms with Crippen molar-refractivity contribution in [3.05, 3.63) is 82.6 Å². The fourth-order valence-corrected chi connectivity index (χ4v) is 5.48. The lowest BCUT2D eigenvalue weighted by atomic mass is 9.91. The first-order valence-corrected chi connectivity index (χ1v) is 12.3. The summed E-state index contributed by atoms with van der Waals surface area (Å²) in [6, 6.07) is 19.0. The van der Waals surface area contributed by atoms with E-state index in [0.717, 1.165) is 42.2 Å². The van der Waals surface area contributed by atoms with Crippen LogP contribution in [0.3, 0.4) is 0 Å². The van der Waals surface area contributed by atoms with E-state index in [4.69, 9.17) is 11.6 Å². The van der Waals surface area contributed by atoms with E-state index >= 15 is 0 Å². The molecule has 1 aliphatic heterocycles. The van der Waals surface area contributed by atoms with E-state index in [1.165, 1.54) is 16.7 Å². The highest BCUT2D eigenvalue weighted by molar-refractivity contribution is 7.99. The molecule has 2 heterocycles. The average molecular weight is 453 g/mol. The van der Waals surface area contributed by atoms with Crippen LogP contribution >= 0.6 is 23.4 Å². The molecule has 2 aromatic carbocycles. The predicted octanol–water partition coefficient (Wildman–Crippen LogP) is 6.53. The van der Waals surface area contributed by atoms with Crippen LogP contribution in [0.2, 0.25) is 5.02 Å². The molecular weight excluding hydrogens is 424 g/mol. The SMILES string of the molecule is CC(C)c1ccccc1-c1ccc(N2CC[C@H](SCc3ccc(Cl)cn3)C2)c(CO)c1. The van der Waals surface area contributed by atoms with Gasteiger partial charge in [-0.05, 0) is 53.3 Å². The molecule has 0 spiro atoms. The van der Waals surface area contributed by atoms with Crippen LogP contribution in [0.5, 0.6) is 0 Å². The van der Waals surface area contributed by atoms with Crippen molar-refractivity contribution < 1.29 is 5.11 Å². The fourth-order valence-electron chi connectivity index (χ4n) is 4.23. The third-order valence-electron chi connectivity index (χ3n) is 5.88. The first-order chi connectivity index (χ1) is 15.0. The summed E-state index contributed by atoms with van der Waals surface area (Å²) in [7, 11) is 0. The lowest BCUT2D eigenvalue weighted by Crippen LogP contribution is -2.21. The van der Waals surface area contributed by atoms with Crippen molar-refractivity contribution in [2.75, 3.05) is 18.0 Å². The zero-order chi connectivity index (χ0) is 21.8. The van der Waals surface area contributed by atoms with Crippen LogP contribution in [0.15, 0.2) is 60.8 Å². The second kappa shape index (κ2) is 10.1. The molecule has 5 heteroatoms. The van der Waals surface area contributed by atoms with Gasteiger partial charge in [-0.3, -0.25) is 4.98 Å². The zero-order valence-corrected chi connectivity index (χ0v) is 19.7. The second-order valence-electron chi connectivity index (χ2n) is 8.38. The second-order valence-corrected chi connectivity index (χ2v) is 10.1. The van der Waals surface area contributed by atoms with E-state index in [1.807, 2.05) is 23.9 Å². The molecule has 0 radical (unpaired) electrons. The van der Waals surface area contributed by atoms with Crippen LogP contribution in [0.25, 0.3) is 11.1 Å². The molecule has 1 fully saturated rings. The summed E-state index contributed by atoms with van der Waals surface area (Å²) < 4.78 is 0. The van der Waals surface area contributed by atoms with Gasteiger partial charge in [0.05, 0.1) is 17.3 Å². The standard InChI is InChI=1S/C26H29ClN2OS/c1-18(2)24-5-3-4-6-25(24)19-7-10-26(20(13-19)16-30)29-12-11-23(15-29)31-17-22-9-8-21(27)14-28-22/h3-10,13-14,18,23,30H,11-12,15-17H2,1-2H3/t23-/m0/s1. The highest BCUT2D eigenvalue weighted by Gasteiger charge is 2.25. The number of hydrogen-bond acceptors (Lipinski definition) is 4. The Kier molecular flexibility index (Phi) is 7.21. The van der Waals surface area contributed by atoms with E-state index in [1.54, 1.807) is 6.20 Å². The molecule has 3 nitrogen and oxygen atoms in total. The van der Waals surface area contributed by atoms with Gasteiger partial charge in [0.25, 0.3) is 0 Å². The van der Waals surface area contributed by atoms with Gasteiger partial charge in [-0.15, -0.1) is 0 Å². The summed E-state index contributed by atoms with van der Waals surface area (Å²) in [5.74, 6) is 1.35. The van der Waals surface area contributed by atoms with E-state index < -0.39 is 0 Å². The minimum atomic E-state index is 0.0516. The normalized spacial score (nSPS) is 16.3. The molecule has 1 aliphatic rings. The number of anilines is 1. The lowest BCUT2D eigenvalue weighted by Gasteiger charge is -2.23.